The standard InChI is InChI=1S/C13H18FN3O4/c1-3-4-9(7-21-2)16-13(18)10-5-8(14)6-11(12(10)15)17(19)20/h5-6,9H,3-4,7,15H2,1-2H3,(H,16,18). The van der Waals surface area contributed by atoms with Crippen LogP contribution in [0.5, 0.6) is 0 Å². The smallest absolute Gasteiger partial charge is 0.295 e. The number of nitrogens with two attached hydrogens (primary N) is 1. The van der Waals surface area contributed by atoms with Crippen molar-refractivity contribution in [2.45, 2.75) is 25.8 Å². The van der Waals surface area contributed by atoms with E-state index < -0.39 is 22.3 Å². The first-order valence-electron chi connectivity index (χ1n) is 6.43. The molecule has 1 aromatic rings. The molecule has 0 saturated carbocycles. The predicted molar refractivity (Wildman–Crippen MR) is 75.5 cm³/mol. The number of nitro groups is 1. The number of hydrogen-bond acceptors (Lipinski definition) is 5. The molecule has 1 atom stereocenters. The molecule has 0 aliphatic carbocycles. The Morgan fingerprint density at radius 3 is 2.76 bits per heavy atom. The Hall–Kier alpha value is -2.22. The van der Waals surface area contributed by atoms with Crippen LogP contribution in [0, 0.1) is 15.9 Å². The van der Waals surface area contributed by atoms with Crippen LogP contribution >= 0.6 is 0 Å². The zero-order chi connectivity index (χ0) is 16.0. The number of carbonyl (C=O) groups excluding carboxylic acids is 1. The third-order valence-electron chi connectivity index (χ3n) is 2.90. The number of benzene rings is 1. The molecule has 21 heavy (non-hydrogen) atoms. The molecule has 1 rings (SSSR count). The van der Waals surface area contributed by atoms with Crippen molar-refractivity contribution in [3.8, 4) is 0 Å². The van der Waals surface area contributed by atoms with Crippen molar-refractivity contribution in [3.05, 3.63) is 33.6 Å². The summed E-state index contributed by atoms with van der Waals surface area (Å²) >= 11 is 0. The summed E-state index contributed by atoms with van der Waals surface area (Å²) in [6.07, 6.45) is 1.48. The van der Waals surface area contributed by atoms with Gasteiger partial charge in [0.2, 0.25) is 0 Å². The maximum absolute atomic E-state index is 13.4. The Morgan fingerprint density at radius 2 is 2.24 bits per heavy atom. The van der Waals surface area contributed by atoms with Gasteiger partial charge in [-0.05, 0) is 12.5 Å². The zero-order valence-corrected chi connectivity index (χ0v) is 11.9. The van der Waals surface area contributed by atoms with Crippen molar-refractivity contribution in [1.82, 2.24) is 5.32 Å². The van der Waals surface area contributed by atoms with E-state index in [1.165, 1.54) is 7.11 Å². The van der Waals surface area contributed by atoms with Crippen molar-refractivity contribution in [2.75, 3.05) is 19.5 Å². The molecular formula is C13H18FN3O4. The topological polar surface area (TPSA) is 107 Å². The van der Waals surface area contributed by atoms with Crippen molar-refractivity contribution in [2.24, 2.45) is 0 Å². The SMILES string of the molecule is CCCC(COC)NC(=O)c1cc(F)cc([N+](=O)[O-])c1N. The largest absolute Gasteiger partial charge is 0.393 e. The van der Waals surface area contributed by atoms with Gasteiger partial charge in [-0.3, -0.25) is 14.9 Å². The molecule has 0 heterocycles. The average Bonchev–Trinajstić information content (AvgIpc) is 2.41. The van der Waals surface area contributed by atoms with Gasteiger partial charge in [0.25, 0.3) is 11.6 Å². The first-order chi connectivity index (χ1) is 9.90. The van der Waals surface area contributed by atoms with Crippen LogP contribution in [0.3, 0.4) is 0 Å². The third kappa shape index (κ3) is 4.38. The average molecular weight is 299 g/mol. The van der Waals surface area contributed by atoms with E-state index in [4.69, 9.17) is 10.5 Å². The van der Waals surface area contributed by atoms with Crippen LogP contribution < -0.4 is 11.1 Å². The van der Waals surface area contributed by atoms with Gasteiger partial charge in [0.1, 0.15) is 11.5 Å². The van der Waals surface area contributed by atoms with Gasteiger partial charge < -0.3 is 15.8 Å². The molecule has 0 saturated heterocycles. The lowest BCUT2D eigenvalue weighted by Crippen LogP contribution is -2.38. The molecule has 3 N–H and O–H groups in total. The maximum atomic E-state index is 13.4. The molecule has 1 aromatic carbocycles. The number of nitrogen functional groups attached to an aromatic ring is 1. The zero-order valence-electron chi connectivity index (χ0n) is 11.9. The van der Waals surface area contributed by atoms with E-state index in [-0.39, 0.29) is 23.9 Å². The number of nitro benzene ring substituents is 1. The second kappa shape index (κ2) is 7.53. The fourth-order valence-corrected chi connectivity index (χ4v) is 1.95. The van der Waals surface area contributed by atoms with Crippen LogP contribution in [0.4, 0.5) is 15.8 Å². The molecule has 1 amide bonds. The second-order valence-corrected chi connectivity index (χ2v) is 4.56. The fourth-order valence-electron chi connectivity index (χ4n) is 1.95. The Bertz CT molecular complexity index is 530. The fraction of sp³-hybridized carbons (Fsp3) is 0.462. The summed E-state index contributed by atoms with van der Waals surface area (Å²) in [5, 5.41) is 13.4. The van der Waals surface area contributed by atoms with E-state index in [1.807, 2.05) is 6.92 Å². The van der Waals surface area contributed by atoms with Gasteiger partial charge >= 0.3 is 0 Å². The van der Waals surface area contributed by atoms with Crippen LogP contribution in [-0.2, 0) is 4.74 Å². The predicted octanol–water partition coefficient (Wildman–Crippen LogP) is 1.86. The number of carbonyl (C=O) groups is 1. The minimum absolute atomic E-state index is 0.251. The molecule has 8 heteroatoms. The lowest BCUT2D eigenvalue weighted by Gasteiger charge is -2.17. The molecule has 1 unspecified atom stereocenters. The number of anilines is 1. The molecule has 0 spiro atoms. The summed E-state index contributed by atoms with van der Waals surface area (Å²) in [4.78, 5) is 22.1. The van der Waals surface area contributed by atoms with Crippen LogP contribution in [0.25, 0.3) is 0 Å². The highest BCUT2D eigenvalue weighted by Crippen LogP contribution is 2.26. The van der Waals surface area contributed by atoms with Crippen LogP contribution in [0.15, 0.2) is 12.1 Å². The van der Waals surface area contributed by atoms with Crippen molar-refractivity contribution in [3.63, 3.8) is 0 Å². The number of amides is 1. The number of nitrogens with one attached hydrogen (secondary N) is 1. The molecular weight excluding hydrogens is 281 g/mol. The van der Waals surface area contributed by atoms with Gasteiger partial charge in [-0.15, -0.1) is 0 Å². The number of nitrogens with zero attached hydrogens (tertiary/aromatic N) is 1. The molecule has 0 aliphatic heterocycles. The number of hydrogen-bond donors (Lipinski definition) is 2. The molecule has 7 nitrogen and oxygen atoms in total. The van der Waals surface area contributed by atoms with Gasteiger partial charge in [0.05, 0.1) is 29.2 Å². The normalized spacial score (nSPS) is 12.0. The van der Waals surface area contributed by atoms with E-state index in [1.54, 1.807) is 0 Å². The van der Waals surface area contributed by atoms with E-state index in [9.17, 15) is 19.3 Å². The van der Waals surface area contributed by atoms with E-state index in [2.05, 4.69) is 5.32 Å². The lowest BCUT2D eigenvalue weighted by molar-refractivity contribution is -0.384. The minimum atomic E-state index is -0.889. The Kier molecular flexibility index (Phi) is 6.04. The van der Waals surface area contributed by atoms with Crippen LogP contribution in [-0.4, -0.2) is 30.6 Å². The van der Waals surface area contributed by atoms with E-state index in [0.29, 0.717) is 12.5 Å². The molecule has 0 fully saturated rings. The quantitative estimate of drug-likeness (QED) is 0.454. The first kappa shape index (κ1) is 16.8. The van der Waals surface area contributed by atoms with Gasteiger partial charge in [-0.2, -0.15) is 0 Å². The Morgan fingerprint density at radius 1 is 1.57 bits per heavy atom. The van der Waals surface area contributed by atoms with Gasteiger partial charge in [-0.25, -0.2) is 4.39 Å². The van der Waals surface area contributed by atoms with Gasteiger partial charge in [0, 0.05) is 7.11 Å². The highest BCUT2D eigenvalue weighted by Gasteiger charge is 2.23. The maximum Gasteiger partial charge on any atom is 0.295 e. The summed E-state index contributed by atoms with van der Waals surface area (Å²) in [5.74, 6) is -1.55. The van der Waals surface area contributed by atoms with Crippen molar-refractivity contribution >= 4 is 17.3 Å². The summed E-state index contributed by atoms with van der Waals surface area (Å²) in [6, 6.07) is 1.30. The van der Waals surface area contributed by atoms with Gasteiger partial charge in [0.15, 0.2) is 0 Å². The molecule has 0 radical (unpaired) electrons. The number of halogens is 1. The summed E-state index contributed by atoms with van der Waals surface area (Å²) in [6.45, 7) is 2.23. The highest BCUT2D eigenvalue weighted by atomic mass is 19.1. The minimum Gasteiger partial charge on any atom is -0.393 e. The monoisotopic (exact) mass is 299 g/mol. The summed E-state index contributed by atoms with van der Waals surface area (Å²) < 4.78 is 18.4. The van der Waals surface area contributed by atoms with Crippen molar-refractivity contribution in [1.29, 1.82) is 0 Å². The van der Waals surface area contributed by atoms with E-state index in [0.717, 1.165) is 12.5 Å². The van der Waals surface area contributed by atoms with E-state index >= 15 is 0 Å². The van der Waals surface area contributed by atoms with Gasteiger partial charge in [-0.1, -0.05) is 13.3 Å². The number of rotatable bonds is 7. The Labute approximate surface area is 121 Å². The highest BCUT2D eigenvalue weighted by molar-refractivity contribution is 6.01. The Balaban J connectivity index is 3.04. The lowest BCUT2D eigenvalue weighted by atomic mass is 10.1. The number of ether oxygens (including phenoxy) is 1. The molecule has 0 aliphatic rings. The number of methoxy groups -OCH3 is 1. The van der Waals surface area contributed by atoms with Crippen molar-refractivity contribution < 1.29 is 18.8 Å². The third-order valence-corrected chi connectivity index (χ3v) is 2.90. The molecule has 0 aromatic heterocycles. The second-order valence-electron chi connectivity index (χ2n) is 4.56. The summed E-state index contributed by atoms with van der Waals surface area (Å²) in [7, 11) is 1.50. The molecule has 0 bridgehead atoms. The summed E-state index contributed by atoms with van der Waals surface area (Å²) in [5.41, 5.74) is 4.35. The molecule has 116 valence electrons. The first-order valence-corrected chi connectivity index (χ1v) is 6.43. The van der Waals surface area contributed by atoms with Crippen LogP contribution in [0.1, 0.15) is 30.1 Å². The van der Waals surface area contributed by atoms with Crippen LogP contribution in [0.2, 0.25) is 0 Å².